The molecule has 0 aromatic rings. The summed E-state index contributed by atoms with van der Waals surface area (Å²) in [5.74, 6) is -0.402. The van der Waals surface area contributed by atoms with Crippen molar-refractivity contribution in [2.45, 2.75) is 139 Å². The van der Waals surface area contributed by atoms with E-state index < -0.39 is 0 Å². The lowest BCUT2D eigenvalue weighted by molar-refractivity contribution is -0.166. The van der Waals surface area contributed by atoms with Crippen molar-refractivity contribution >= 4 is 65.7 Å². The van der Waals surface area contributed by atoms with Gasteiger partial charge in [0.2, 0.25) is 0 Å². The normalized spacial score (nSPS) is 12.7. The van der Waals surface area contributed by atoms with Gasteiger partial charge in [0, 0.05) is 29.2 Å². The highest BCUT2D eigenvalue weighted by molar-refractivity contribution is 9.09. The summed E-state index contributed by atoms with van der Waals surface area (Å²) in [6.07, 6.45) is 8.16. The summed E-state index contributed by atoms with van der Waals surface area (Å²) in [6.45, 7) is 24.5. The first-order valence-corrected chi connectivity index (χ1v) is 18.8. The van der Waals surface area contributed by atoms with Crippen molar-refractivity contribution in [3.63, 3.8) is 0 Å². The van der Waals surface area contributed by atoms with E-state index in [2.05, 4.69) is 52.5 Å². The van der Waals surface area contributed by atoms with Crippen LogP contribution in [0.15, 0.2) is 0 Å². The molecule has 0 aliphatic carbocycles. The maximum Gasteiger partial charge on any atom is 0.312 e. The topological polar surface area (TPSA) is 88.1 Å². The number of ether oxygens (including phenoxy) is 4. The third kappa shape index (κ3) is 41.8. The van der Waals surface area contributed by atoms with E-state index in [4.69, 9.17) is 14.2 Å². The minimum atomic E-state index is -0.385. The van der Waals surface area contributed by atoms with Gasteiger partial charge in [-0.2, -0.15) is 0 Å². The summed E-state index contributed by atoms with van der Waals surface area (Å²) in [5.41, 5.74) is -1.10. The van der Waals surface area contributed by atoms with Crippen LogP contribution in [0.2, 0.25) is 0 Å². The molecule has 1 aliphatic rings. The maximum atomic E-state index is 11.8. The average Bonchev–Trinajstić information content (AvgIpc) is 3.46. The zero-order valence-electron chi connectivity index (χ0n) is 29.6. The lowest BCUT2D eigenvalue weighted by Gasteiger charge is -2.28. The molecule has 0 saturated carbocycles. The van der Waals surface area contributed by atoms with Gasteiger partial charge >= 0.3 is 17.9 Å². The van der Waals surface area contributed by atoms with E-state index >= 15 is 0 Å². The highest BCUT2D eigenvalue weighted by Gasteiger charge is 2.31. The smallest absolute Gasteiger partial charge is 0.312 e. The molecule has 0 aromatic heterocycles. The van der Waals surface area contributed by atoms with Crippen molar-refractivity contribution in [2.24, 2.45) is 17.3 Å². The van der Waals surface area contributed by atoms with E-state index in [1.165, 1.54) is 32.8 Å². The third-order valence-electron chi connectivity index (χ3n) is 5.03. The fraction of sp³-hybridized carbons (Fsp3) is 0.909. The number of carbonyl (C=O) groups is 3. The van der Waals surface area contributed by atoms with Crippen LogP contribution < -0.4 is 0 Å². The Hall–Kier alpha value is -0.190. The average molecular weight is 814 g/mol. The molecule has 0 N–H and O–H groups in total. The van der Waals surface area contributed by atoms with Crippen LogP contribution in [0.1, 0.15) is 128 Å². The minimum Gasteiger partial charge on any atom is -0.469 e. The zero-order chi connectivity index (χ0) is 34.7. The molecular formula is C33H65Br3O7. The van der Waals surface area contributed by atoms with Gasteiger partial charge < -0.3 is 18.9 Å². The number of methoxy groups -OCH3 is 1. The highest BCUT2D eigenvalue weighted by atomic mass is 79.9. The van der Waals surface area contributed by atoms with Crippen molar-refractivity contribution in [3.8, 4) is 0 Å². The predicted molar refractivity (Wildman–Crippen MR) is 192 cm³/mol. The number of halogens is 3. The van der Waals surface area contributed by atoms with Crippen molar-refractivity contribution in [2.75, 3.05) is 36.3 Å². The first-order chi connectivity index (χ1) is 19.6. The van der Waals surface area contributed by atoms with Gasteiger partial charge in [-0.05, 0) is 93.9 Å². The Morgan fingerprint density at radius 1 is 0.651 bits per heavy atom. The molecule has 0 aromatic carbocycles. The Balaban J connectivity index is -0.000000235. The van der Waals surface area contributed by atoms with Crippen LogP contribution in [0.25, 0.3) is 0 Å². The molecule has 7 nitrogen and oxygen atoms in total. The second-order valence-corrected chi connectivity index (χ2v) is 15.7. The molecule has 1 saturated heterocycles. The van der Waals surface area contributed by atoms with Gasteiger partial charge in [0.05, 0.1) is 24.4 Å². The number of carbonyl (C=O) groups excluding carboxylic acids is 3. The molecule has 1 heterocycles. The molecule has 1 aliphatic heterocycles. The van der Waals surface area contributed by atoms with Crippen LogP contribution in [0.5, 0.6) is 0 Å². The number of unbranched alkanes of at least 4 members (excludes halogenated alkanes) is 2. The van der Waals surface area contributed by atoms with Crippen LogP contribution in [0.4, 0.5) is 0 Å². The van der Waals surface area contributed by atoms with Gasteiger partial charge in [0.25, 0.3) is 0 Å². The van der Waals surface area contributed by atoms with Crippen molar-refractivity contribution < 1.29 is 33.3 Å². The minimum absolute atomic E-state index is 0.00463. The number of rotatable bonds is 10. The summed E-state index contributed by atoms with van der Waals surface area (Å²) >= 11 is 10.0. The first kappa shape index (κ1) is 49.7. The number of hydrogen-bond donors (Lipinski definition) is 0. The molecule has 260 valence electrons. The summed E-state index contributed by atoms with van der Waals surface area (Å²) < 4.78 is 19.8. The van der Waals surface area contributed by atoms with Gasteiger partial charge in [0.1, 0.15) is 11.2 Å². The Morgan fingerprint density at radius 2 is 1.02 bits per heavy atom. The molecule has 1 rings (SSSR count). The molecule has 0 unspecified atom stereocenters. The quantitative estimate of drug-likeness (QED) is 0.0940. The van der Waals surface area contributed by atoms with Crippen LogP contribution in [0, 0.1) is 17.3 Å². The largest absolute Gasteiger partial charge is 0.469 e. The number of esters is 3. The van der Waals surface area contributed by atoms with E-state index in [9.17, 15) is 14.4 Å². The summed E-state index contributed by atoms with van der Waals surface area (Å²) in [6, 6.07) is 0. The molecule has 1 fully saturated rings. The Kier molecular flexibility index (Phi) is 33.8. The van der Waals surface area contributed by atoms with Gasteiger partial charge in [-0.25, -0.2) is 0 Å². The Morgan fingerprint density at radius 3 is 1.23 bits per heavy atom. The second-order valence-electron chi connectivity index (χ2n) is 13.3. The van der Waals surface area contributed by atoms with E-state index in [0.717, 1.165) is 48.5 Å². The molecule has 10 heteroatoms. The summed E-state index contributed by atoms with van der Waals surface area (Å²) in [4.78, 5) is 33.1. The molecule has 43 heavy (non-hydrogen) atoms. The second kappa shape index (κ2) is 29.2. The van der Waals surface area contributed by atoms with Crippen molar-refractivity contribution in [1.29, 1.82) is 0 Å². The highest BCUT2D eigenvalue weighted by Crippen LogP contribution is 2.27. The number of hydrogen-bond acceptors (Lipinski definition) is 7. The molecular weight excluding hydrogens is 748 g/mol. The Labute approximate surface area is 290 Å². The maximum absolute atomic E-state index is 11.8. The Bertz CT molecular complexity index is 667. The lowest BCUT2D eigenvalue weighted by atomic mass is 9.87. The summed E-state index contributed by atoms with van der Waals surface area (Å²) in [7, 11) is 1.39. The SMILES string of the molecule is BrCCCCBr.C1CCOC1.CC(C)(C)OC(=O)C(C)(C)CCCCBr.CC(C)C(=O)OC(C)(C)C.COC(=O)C(C)C. The third-order valence-corrected chi connectivity index (χ3v) is 6.71. The van der Waals surface area contributed by atoms with Crippen LogP contribution in [-0.2, 0) is 33.3 Å². The molecule has 0 spiro atoms. The van der Waals surface area contributed by atoms with Gasteiger partial charge in [-0.3, -0.25) is 14.4 Å². The van der Waals surface area contributed by atoms with E-state index in [-0.39, 0.29) is 46.4 Å². The monoisotopic (exact) mass is 810 g/mol. The van der Waals surface area contributed by atoms with Crippen molar-refractivity contribution in [1.82, 2.24) is 0 Å². The standard InChI is InChI=1S/C12H23BrO2.C8H16O2.C5H10O2.C4H8Br2.C4H8O/c1-11(2,3)15-10(14)12(4,5)8-6-7-9-13;1-6(2)7(9)10-8(3,4)5;1-4(2)5(6)7-3;5-3-1-2-4-6;1-2-4-5-3-1/h6-9H2,1-5H3;6H,1-5H3;4H,1-3H3;1-4H2;1-4H2. The zero-order valence-corrected chi connectivity index (χ0v) is 34.4. The van der Waals surface area contributed by atoms with Crippen LogP contribution in [-0.4, -0.2) is 65.4 Å². The predicted octanol–water partition coefficient (Wildman–Crippen LogP) is 10.1. The van der Waals surface area contributed by atoms with E-state index in [0.29, 0.717) is 0 Å². The summed E-state index contributed by atoms with van der Waals surface area (Å²) in [5, 5.41) is 3.27. The van der Waals surface area contributed by atoms with E-state index in [1.807, 2.05) is 69.2 Å². The van der Waals surface area contributed by atoms with Crippen LogP contribution >= 0.6 is 47.8 Å². The molecule has 0 atom stereocenters. The lowest BCUT2D eigenvalue weighted by Crippen LogP contribution is -2.33. The van der Waals surface area contributed by atoms with Crippen molar-refractivity contribution in [3.05, 3.63) is 0 Å². The first-order valence-electron chi connectivity index (χ1n) is 15.4. The van der Waals surface area contributed by atoms with E-state index in [1.54, 1.807) is 13.8 Å². The number of alkyl halides is 3. The van der Waals surface area contributed by atoms with Gasteiger partial charge in [-0.1, -0.05) is 81.9 Å². The molecule has 0 amide bonds. The molecule has 0 radical (unpaired) electrons. The fourth-order valence-electron chi connectivity index (χ4n) is 2.53. The van der Waals surface area contributed by atoms with Crippen LogP contribution in [0.3, 0.4) is 0 Å². The van der Waals surface area contributed by atoms with Gasteiger partial charge in [0.15, 0.2) is 0 Å². The van der Waals surface area contributed by atoms with Gasteiger partial charge in [-0.15, -0.1) is 0 Å². The molecule has 0 bridgehead atoms. The fourth-order valence-corrected chi connectivity index (χ4v) is 3.72.